The van der Waals surface area contributed by atoms with Crippen molar-refractivity contribution in [3.05, 3.63) is 41.7 Å². The number of aryl methyl sites for hydroxylation is 1. The van der Waals surface area contributed by atoms with Gasteiger partial charge < -0.3 is 14.6 Å². The summed E-state index contributed by atoms with van der Waals surface area (Å²) in [7, 11) is 0. The molecule has 0 spiro atoms. The van der Waals surface area contributed by atoms with Crippen LogP contribution in [0.15, 0.2) is 34.7 Å². The molecule has 4 nitrogen and oxygen atoms in total. The lowest BCUT2D eigenvalue weighted by atomic mass is 10.0. The number of phenols is 1. The molecule has 0 aliphatic heterocycles. The average molecular weight is 242 g/mol. The molecule has 18 heavy (non-hydrogen) atoms. The molecule has 0 saturated heterocycles. The third-order valence-corrected chi connectivity index (χ3v) is 3.12. The highest BCUT2D eigenvalue weighted by molar-refractivity contribution is 6.10. The predicted octanol–water partition coefficient (Wildman–Crippen LogP) is 3.30. The number of carboxylic acids is 1. The van der Waals surface area contributed by atoms with Gasteiger partial charge in [0.15, 0.2) is 0 Å². The Morgan fingerprint density at radius 2 is 1.83 bits per heavy atom. The van der Waals surface area contributed by atoms with Crippen molar-refractivity contribution in [3.8, 4) is 5.75 Å². The minimum absolute atomic E-state index is 0.0826. The van der Waals surface area contributed by atoms with Crippen molar-refractivity contribution < 1.29 is 19.4 Å². The van der Waals surface area contributed by atoms with Crippen molar-refractivity contribution >= 4 is 27.7 Å². The van der Waals surface area contributed by atoms with Crippen LogP contribution in [-0.4, -0.2) is 16.2 Å². The van der Waals surface area contributed by atoms with Crippen LogP contribution in [0, 0.1) is 6.92 Å². The van der Waals surface area contributed by atoms with E-state index in [0.717, 1.165) is 0 Å². The maximum absolute atomic E-state index is 11.1. The second-order valence-corrected chi connectivity index (χ2v) is 4.18. The topological polar surface area (TPSA) is 70.7 Å². The summed E-state index contributed by atoms with van der Waals surface area (Å²) in [6.07, 6.45) is 0. The second kappa shape index (κ2) is 3.50. The number of hydrogen-bond donors (Lipinski definition) is 2. The zero-order chi connectivity index (χ0) is 12.9. The molecular weight excluding hydrogens is 232 g/mol. The van der Waals surface area contributed by atoms with Crippen molar-refractivity contribution in [1.29, 1.82) is 0 Å². The summed E-state index contributed by atoms with van der Waals surface area (Å²) in [6, 6.07) is 8.73. The quantitative estimate of drug-likeness (QED) is 0.686. The zero-order valence-corrected chi connectivity index (χ0v) is 9.60. The standard InChI is InChI=1S/C14H10O4/c1-7-10-6-11(15)8-4-2-3-5-9(8)13(10)18-12(7)14(16)17/h2-6,15H,1H3,(H,16,17). The van der Waals surface area contributed by atoms with E-state index in [2.05, 4.69) is 0 Å². The maximum atomic E-state index is 11.1. The predicted molar refractivity (Wildman–Crippen MR) is 67.1 cm³/mol. The van der Waals surface area contributed by atoms with Gasteiger partial charge in [-0.3, -0.25) is 0 Å². The van der Waals surface area contributed by atoms with E-state index in [9.17, 15) is 9.90 Å². The number of rotatable bonds is 1. The number of fused-ring (bicyclic) bond motifs is 3. The SMILES string of the molecule is Cc1c(C(=O)O)oc2c1cc(O)c1ccccc12. The van der Waals surface area contributed by atoms with Gasteiger partial charge in [0.2, 0.25) is 5.76 Å². The van der Waals surface area contributed by atoms with E-state index in [0.29, 0.717) is 27.3 Å². The van der Waals surface area contributed by atoms with E-state index in [4.69, 9.17) is 9.52 Å². The molecule has 3 rings (SSSR count). The van der Waals surface area contributed by atoms with Crippen LogP contribution in [0.1, 0.15) is 16.1 Å². The molecule has 0 bridgehead atoms. The van der Waals surface area contributed by atoms with Gasteiger partial charge in [-0.05, 0) is 13.0 Å². The number of carboxylic acid groups (broad SMARTS) is 1. The van der Waals surface area contributed by atoms with E-state index >= 15 is 0 Å². The molecule has 0 fully saturated rings. The number of hydrogen-bond acceptors (Lipinski definition) is 3. The summed E-state index contributed by atoms with van der Waals surface area (Å²) in [5.74, 6) is -1.06. The fourth-order valence-corrected chi connectivity index (χ4v) is 2.22. The average Bonchev–Trinajstić information content (AvgIpc) is 2.68. The smallest absolute Gasteiger partial charge is 0.372 e. The largest absolute Gasteiger partial charge is 0.507 e. The Labute approximate surface area is 102 Å². The lowest BCUT2D eigenvalue weighted by molar-refractivity contribution is 0.0664. The van der Waals surface area contributed by atoms with Gasteiger partial charge in [-0.15, -0.1) is 0 Å². The first kappa shape index (κ1) is 10.7. The highest BCUT2D eigenvalue weighted by Crippen LogP contribution is 2.36. The van der Waals surface area contributed by atoms with E-state index in [1.165, 1.54) is 0 Å². The van der Waals surface area contributed by atoms with Crippen molar-refractivity contribution in [2.75, 3.05) is 0 Å². The first-order valence-electron chi connectivity index (χ1n) is 5.46. The van der Waals surface area contributed by atoms with Crippen LogP contribution in [0.5, 0.6) is 5.75 Å². The highest BCUT2D eigenvalue weighted by Gasteiger charge is 2.19. The lowest BCUT2D eigenvalue weighted by Gasteiger charge is -2.01. The molecule has 2 N–H and O–H groups in total. The lowest BCUT2D eigenvalue weighted by Crippen LogP contribution is -1.95. The molecule has 4 heteroatoms. The van der Waals surface area contributed by atoms with Gasteiger partial charge in [0.1, 0.15) is 11.3 Å². The molecule has 0 saturated carbocycles. The van der Waals surface area contributed by atoms with Gasteiger partial charge in [0, 0.05) is 21.7 Å². The van der Waals surface area contributed by atoms with Gasteiger partial charge in [-0.1, -0.05) is 24.3 Å². The number of furan rings is 1. The summed E-state index contributed by atoms with van der Waals surface area (Å²) >= 11 is 0. The van der Waals surface area contributed by atoms with Crippen molar-refractivity contribution in [2.45, 2.75) is 6.92 Å². The third kappa shape index (κ3) is 1.29. The maximum Gasteiger partial charge on any atom is 0.372 e. The monoisotopic (exact) mass is 242 g/mol. The third-order valence-electron chi connectivity index (χ3n) is 3.12. The van der Waals surface area contributed by atoms with Crippen LogP contribution in [0.25, 0.3) is 21.7 Å². The summed E-state index contributed by atoms with van der Waals surface area (Å²) in [6.45, 7) is 1.67. The van der Waals surface area contributed by atoms with E-state index < -0.39 is 5.97 Å². The number of carbonyl (C=O) groups is 1. The van der Waals surface area contributed by atoms with E-state index in [1.54, 1.807) is 25.1 Å². The zero-order valence-electron chi connectivity index (χ0n) is 9.60. The summed E-state index contributed by atoms with van der Waals surface area (Å²) < 4.78 is 5.42. The number of aromatic carboxylic acids is 1. The molecule has 0 radical (unpaired) electrons. The molecular formula is C14H10O4. The van der Waals surface area contributed by atoms with Gasteiger partial charge in [-0.25, -0.2) is 4.79 Å². The van der Waals surface area contributed by atoms with Gasteiger partial charge in [0.05, 0.1) is 0 Å². The fourth-order valence-electron chi connectivity index (χ4n) is 2.22. The Hall–Kier alpha value is -2.49. The molecule has 0 amide bonds. The first-order valence-corrected chi connectivity index (χ1v) is 5.46. The highest BCUT2D eigenvalue weighted by atomic mass is 16.4. The number of benzene rings is 2. The molecule has 0 aliphatic carbocycles. The van der Waals surface area contributed by atoms with Crippen molar-refractivity contribution in [2.24, 2.45) is 0 Å². The van der Waals surface area contributed by atoms with Crippen LogP contribution in [0.3, 0.4) is 0 Å². The minimum atomic E-state index is -1.10. The summed E-state index contributed by atoms with van der Waals surface area (Å²) in [5, 5.41) is 21.0. The Morgan fingerprint density at radius 1 is 1.17 bits per heavy atom. The van der Waals surface area contributed by atoms with Gasteiger partial charge in [-0.2, -0.15) is 0 Å². The fraction of sp³-hybridized carbons (Fsp3) is 0.0714. The van der Waals surface area contributed by atoms with E-state index in [-0.39, 0.29) is 11.5 Å². The summed E-state index contributed by atoms with van der Waals surface area (Å²) in [4.78, 5) is 11.1. The molecule has 0 unspecified atom stereocenters. The molecule has 1 heterocycles. The van der Waals surface area contributed by atoms with Crippen LogP contribution < -0.4 is 0 Å². The Kier molecular flexibility index (Phi) is 2.07. The molecule has 1 aromatic heterocycles. The Bertz CT molecular complexity index is 783. The normalized spacial score (nSPS) is 11.2. The molecule has 2 aromatic carbocycles. The first-order chi connectivity index (χ1) is 8.59. The molecule has 90 valence electrons. The van der Waals surface area contributed by atoms with E-state index in [1.807, 2.05) is 12.1 Å². The number of aromatic hydroxyl groups is 1. The van der Waals surface area contributed by atoms with Crippen molar-refractivity contribution in [3.63, 3.8) is 0 Å². The van der Waals surface area contributed by atoms with Crippen LogP contribution in [0.4, 0.5) is 0 Å². The van der Waals surface area contributed by atoms with Gasteiger partial charge in [0.25, 0.3) is 0 Å². The molecule has 0 atom stereocenters. The summed E-state index contributed by atoms with van der Waals surface area (Å²) in [5.41, 5.74) is 1.02. The van der Waals surface area contributed by atoms with Crippen LogP contribution in [0.2, 0.25) is 0 Å². The Morgan fingerprint density at radius 3 is 2.50 bits per heavy atom. The van der Waals surface area contributed by atoms with Crippen molar-refractivity contribution in [1.82, 2.24) is 0 Å². The van der Waals surface area contributed by atoms with Crippen LogP contribution >= 0.6 is 0 Å². The van der Waals surface area contributed by atoms with Gasteiger partial charge >= 0.3 is 5.97 Å². The molecule has 0 aliphatic rings. The Balaban J connectivity index is 2.56. The molecule has 3 aromatic rings. The second-order valence-electron chi connectivity index (χ2n) is 4.18. The number of phenolic OH excluding ortho intramolecular Hbond substituents is 1. The van der Waals surface area contributed by atoms with Crippen LogP contribution in [-0.2, 0) is 0 Å². The minimum Gasteiger partial charge on any atom is -0.507 e.